The van der Waals surface area contributed by atoms with Gasteiger partial charge in [-0.2, -0.15) is 0 Å². The molecule has 0 amide bonds. The van der Waals surface area contributed by atoms with Crippen LogP contribution in [-0.2, 0) is 4.79 Å². The third-order valence-electron chi connectivity index (χ3n) is 1.54. The lowest BCUT2D eigenvalue weighted by Gasteiger charge is -2.04. The Morgan fingerprint density at radius 2 is 2.20 bits per heavy atom. The van der Waals surface area contributed by atoms with Crippen molar-refractivity contribution < 1.29 is 9.18 Å². The zero-order chi connectivity index (χ0) is 7.56. The van der Waals surface area contributed by atoms with Crippen LogP contribution in [0.3, 0.4) is 0 Å². The molecule has 0 radical (unpaired) electrons. The fraction of sp³-hybridized carbons (Fsp3) is 0.375. The number of allylic oxidation sites excluding steroid dienone is 4. The van der Waals surface area contributed by atoms with Crippen LogP contribution in [0.2, 0.25) is 0 Å². The average Bonchev–Trinajstić information content (AvgIpc) is 1.88. The minimum atomic E-state index is -0.134. The third kappa shape index (κ3) is 1.53. The van der Waals surface area contributed by atoms with Crippen molar-refractivity contribution >= 4 is 5.78 Å². The van der Waals surface area contributed by atoms with Crippen LogP contribution in [0.15, 0.2) is 23.6 Å². The molecule has 1 aliphatic carbocycles. The summed E-state index contributed by atoms with van der Waals surface area (Å²) in [7, 11) is 0. The highest BCUT2D eigenvalue weighted by atomic mass is 19.1. The van der Waals surface area contributed by atoms with Crippen molar-refractivity contribution in [1.29, 1.82) is 0 Å². The van der Waals surface area contributed by atoms with Crippen molar-refractivity contribution in [2.24, 2.45) is 0 Å². The Morgan fingerprint density at radius 3 is 2.60 bits per heavy atom. The Kier molecular flexibility index (Phi) is 2.00. The zero-order valence-corrected chi connectivity index (χ0v) is 5.86. The van der Waals surface area contributed by atoms with Crippen molar-refractivity contribution in [3.05, 3.63) is 23.6 Å². The van der Waals surface area contributed by atoms with E-state index in [9.17, 15) is 9.18 Å². The first-order valence-corrected chi connectivity index (χ1v) is 3.24. The molecule has 0 atom stereocenters. The minimum Gasteiger partial charge on any atom is -0.295 e. The summed E-state index contributed by atoms with van der Waals surface area (Å²) >= 11 is 0. The maximum absolute atomic E-state index is 12.3. The Balaban J connectivity index is 2.62. The summed E-state index contributed by atoms with van der Waals surface area (Å²) in [5, 5.41) is 0. The van der Waals surface area contributed by atoms with Crippen molar-refractivity contribution in [3.8, 4) is 0 Å². The molecule has 1 aliphatic rings. The summed E-state index contributed by atoms with van der Waals surface area (Å²) in [5.41, 5.74) is 0.724. The van der Waals surface area contributed by atoms with Gasteiger partial charge in [-0.15, -0.1) is 0 Å². The summed E-state index contributed by atoms with van der Waals surface area (Å²) in [6.45, 7) is 1.50. The first-order chi connectivity index (χ1) is 4.70. The van der Waals surface area contributed by atoms with Crippen LogP contribution in [0.5, 0.6) is 0 Å². The number of carbonyl (C=O) groups is 1. The van der Waals surface area contributed by atoms with Gasteiger partial charge in [0.15, 0.2) is 5.78 Å². The number of rotatable bonds is 1. The number of hydrogen-bond acceptors (Lipinski definition) is 1. The van der Waals surface area contributed by atoms with Crippen molar-refractivity contribution in [1.82, 2.24) is 0 Å². The SMILES string of the molecule is CC(=O)C1=CCC(F)=CC1. The quantitative estimate of drug-likeness (QED) is 0.545. The average molecular weight is 140 g/mol. The van der Waals surface area contributed by atoms with Gasteiger partial charge in [-0.1, -0.05) is 6.08 Å². The van der Waals surface area contributed by atoms with Crippen LogP contribution >= 0.6 is 0 Å². The Morgan fingerprint density at radius 1 is 1.50 bits per heavy atom. The monoisotopic (exact) mass is 140 g/mol. The summed E-state index contributed by atoms with van der Waals surface area (Å²) in [6.07, 6.45) is 3.85. The van der Waals surface area contributed by atoms with E-state index in [1.807, 2.05) is 0 Å². The van der Waals surface area contributed by atoms with E-state index in [0.29, 0.717) is 6.42 Å². The van der Waals surface area contributed by atoms with Crippen molar-refractivity contribution in [3.63, 3.8) is 0 Å². The fourth-order valence-corrected chi connectivity index (χ4v) is 0.896. The van der Waals surface area contributed by atoms with Crippen LogP contribution in [0.25, 0.3) is 0 Å². The second-order valence-electron chi connectivity index (χ2n) is 2.34. The van der Waals surface area contributed by atoms with Crippen LogP contribution in [-0.4, -0.2) is 5.78 Å². The molecule has 0 aromatic heterocycles. The van der Waals surface area contributed by atoms with Gasteiger partial charge >= 0.3 is 0 Å². The van der Waals surface area contributed by atoms with Crippen LogP contribution in [0, 0.1) is 0 Å². The molecule has 0 aliphatic heterocycles. The highest BCUT2D eigenvalue weighted by Crippen LogP contribution is 2.18. The molecule has 0 fully saturated rings. The molecule has 1 rings (SSSR count). The van der Waals surface area contributed by atoms with Gasteiger partial charge in [-0.3, -0.25) is 4.79 Å². The van der Waals surface area contributed by atoms with Gasteiger partial charge in [0.25, 0.3) is 0 Å². The summed E-state index contributed by atoms with van der Waals surface area (Å²) in [6, 6.07) is 0. The molecule has 10 heavy (non-hydrogen) atoms. The number of hydrogen-bond donors (Lipinski definition) is 0. The molecular formula is C8H9FO. The number of halogens is 1. The molecule has 1 nitrogen and oxygen atoms in total. The second kappa shape index (κ2) is 2.78. The predicted octanol–water partition coefficient (Wildman–Crippen LogP) is 2.15. The maximum atomic E-state index is 12.3. The maximum Gasteiger partial charge on any atom is 0.155 e. The molecule has 54 valence electrons. The van der Waals surface area contributed by atoms with E-state index < -0.39 is 0 Å². The molecule has 2 heteroatoms. The smallest absolute Gasteiger partial charge is 0.155 e. The van der Waals surface area contributed by atoms with E-state index >= 15 is 0 Å². The Bertz CT molecular complexity index is 213. The first kappa shape index (κ1) is 7.19. The van der Waals surface area contributed by atoms with Crippen molar-refractivity contribution in [2.45, 2.75) is 19.8 Å². The lowest BCUT2D eigenvalue weighted by molar-refractivity contribution is -0.113. The molecule has 0 aromatic carbocycles. The minimum absolute atomic E-state index is 0.0451. The van der Waals surface area contributed by atoms with E-state index in [1.165, 1.54) is 13.0 Å². The lowest BCUT2D eigenvalue weighted by Crippen LogP contribution is -1.98. The van der Waals surface area contributed by atoms with Gasteiger partial charge in [0.2, 0.25) is 0 Å². The predicted molar refractivity (Wildman–Crippen MR) is 37.2 cm³/mol. The van der Waals surface area contributed by atoms with E-state index in [1.54, 1.807) is 6.08 Å². The second-order valence-corrected chi connectivity index (χ2v) is 2.34. The third-order valence-corrected chi connectivity index (χ3v) is 1.54. The number of carbonyl (C=O) groups excluding carboxylic acids is 1. The summed E-state index contributed by atoms with van der Waals surface area (Å²) in [5.74, 6) is -0.0891. The molecule has 0 aromatic rings. The van der Waals surface area contributed by atoms with E-state index in [-0.39, 0.29) is 18.0 Å². The van der Waals surface area contributed by atoms with Gasteiger partial charge < -0.3 is 0 Å². The normalized spacial score (nSPS) is 17.8. The lowest BCUT2D eigenvalue weighted by atomic mass is 10.0. The van der Waals surface area contributed by atoms with Crippen LogP contribution in [0.4, 0.5) is 4.39 Å². The highest BCUT2D eigenvalue weighted by Gasteiger charge is 2.07. The molecule has 0 bridgehead atoms. The number of Topliss-reactive ketones (excluding diaryl/α,β-unsaturated/α-hetero) is 1. The molecule has 0 unspecified atom stereocenters. The Hall–Kier alpha value is -0.920. The van der Waals surface area contributed by atoms with Gasteiger partial charge in [-0.05, 0) is 25.0 Å². The molecule has 0 N–H and O–H groups in total. The molecular weight excluding hydrogens is 131 g/mol. The van der Waals surface area contributed by atoms with Gasteiger partial charge in [0, 0.05) is 6.42 Å². The first-order valence-electron chi connectivity index (χ1n) is 3.24. The fourth-order valence-electron chi connectivity index (χ4n) is 0.896. The highest BCUT2D eigenvalue weighted by molar-refractivity contribution is 5.93. The van der Waals surface area contributed by atoms with E-state index in [0.717, 1.165) is 5.57 Å². The Labute approximate surface area is 59.2 Å². The van der Waals surface area contributed by atoms with Gasteiger partial charge in [0.05, 0.1) is 0 Å². The summed E-state index contributed by atoms with van der Waals surface area (Å²) < 4.78 is 12.3. The summed E-state index contributed by atoms with van der Waals surface area (Å²) in [4.78, 5) is 10.7. The van der Waals surface area contributed by atoms with Crippen molar-refractivity contribution in [2.75, 3.05) is 0 Å². The van der Waals surface area contributed by atoms with Gasteiger partial charge in [-0.25, -0.2) is 4.39 Å². The topological polar surface area (TPSA) is 17.1 Å². The molecule has 0 heterocycles. The molecule has 0 spiro atoms. The molecule has 0 saturated heterocycles. The van der Waals surface area contributed by atoms with Crippen LogP contribution < -0.4 is 0 Å². The van der Waals surface area contributed by atoms with Crippen LogP contribution in [0.1, 0.15) is 19.8 Å². The largest absolute Gasteiger partial charge is 0.295 e. The number of ketones is 1. The van der Waals surface area contributed by atoms with Gasteiger partial charge in [0.1, 0.15) is 5.83 Å². The standard InChI is InChI=1S/C8H9FO/c1-6(10)7-2-4-8(9)5-3-7/h2,5H,3-4H2,1H3. The zero-order valence-electron chi connectivity index (χ0n) is 5.86. The van der Waals surface area contributed by atoms with E-state index in [4.69, 9.17) is 0 Å². The molecule has 0 saturated carbocycles. The van der Waals surface area contributed by atoms with E-state index in [2.05, 4.69) is 0 Å².